The summed E-state index contributed by atoms with van der Waals surface area (Å²) in [7, 11) is 0. The van der Waals surface area contributed by atoms with Crippen LogP contribution in [0.2, 0.25) is 0 Å². The molecule has 1 aliphatic heterocycles. The number of nitrogens with one attached hydrogen (secondary N) is 1. The van der Waals surface area contributed by atoms with Crippen LogP contribution >= 0.6 is 24.8 Å². The number of nitrogens with zero attached hydrogens (tertiary/aromatic N) is 1. The van der Waals surface area contributed by atoms with Crippen molar-refractivity contribution in [2.24, 2.45) is 0 Å². The highest BCUT2D eigenvalue weighted by Crippen LogP contribution is 2.29. The van der Waals surface area contributed by atoms with Gasteiger partial charge in [0.25, 0.3) is 0 Å². The van der Waals surface area contributed by atoms with Crippen LogP contribution in [0.4, 0.5) is 0 Å². The van der Waals surface area contributed by atoms with Gasteiger partial charge in [-0.15, -0.1) is 24.8 Å². The van der Waals surface area contributed by atoms with Gasteiger partial charge >= 0.3 is 0 Å². The molecule has 0 aliphatic carbocycles. The van der Waals surface area contributed by atoms with Gasteiger partial charge in [0.1, 0.15) is 0 Å². The van der Waals surface area contributed by atoms with Crippen LogP contribution in [0.15, 0.2) is 91.0 Å². The summed E-state index contributed by atoms with van der Waals surface area (Å²) in [6.45, 7) is 4.13. The Labute approximate surface area is 180 Å². The molecule has 1 N–H and O–H groups in total. The number of likely N-dealkylation sites (tertiary alicyclic amines) is 1. The fourth-order valence-corrected chi connectivity index (χ4v) is 3.95. The third kappa shape index (κ3) is 5.83. The van der Waals surface area contributed by atoms with E-state index < -0.39 is 0 Å². The molecule has 1 saturated heterocycles. The Bertz CT molecular complexity index is 797. The van der Waals surface area contributed by atoms with Crippen molar-refractivity contribution >= 4 is 24.8 Å². The summed E-state index contributed by atoms with van der Waals surface area (Å²) in [5.74, 6) is 0.531. The molecular formula is C24H28Cl2N2. The first kappa shape index (κ1) is 22.4. The van der Waals surface area contributed by atoms with Gasteiger partial charge in [-0.2, -0.15) is 0 Å². The summed E-state index contributed by atoms with van der Waals surface area (Å²) >= 11 is 0. The third-order valence-corrected chi connectivity index (χ3v) is 5.28. The highest BCUT2D eigenvalue weighted by atomic mass is 35.5. The van der Waals surface area contributed by atoms with E-state index in [2.05, 4.69) is 101 Å². The molecule has 0 amide bonds. The van der Waals surface area contributed by atoms with Crippen LogP contribution in [0.5, 0.6) is 0 Å². The average Bonchev–Trinajstić information content (AvgIpc) is 3.11. The average molecular weight is 415 g/mol. The van der Waals surface area contributed by atoms with Gasteiger partial charge in [0.2, 0.25) is 0 Å². The van der Waals surface area contributed by atoms with Crippen LogP contribution in [-0.4, -0.2) is 24.0 Å². The predicted molar refractivity (Wildman–Crippen MR) is 122 cm³/mol. The van der Waals surface area contributed by atoms with Gasteiger partial charge in [-0.25, -0.2) is 0 Å². The lowest BCUT2D eigenvalue weighted by molar-refractivity contribution is 0.318. The van der Waals surface area contributed by atoms with Gasteiger partial charge in [0, 0.05) is 38.1 Å². The molecule has 0 spiro atoms. The maximum Gasteiger partial charge on any atom is 0.0279 e. The van der Waals surface area contributed by atoms with E-state index >= 15 is 0 Å². The molecule has 0 aromatic heterocycles. The molecule has 4 heteroatoms. The second-order valence-corrected chi connectivity index (χ2v) is 7.17. The molecule has 2 nitrogen and oxygen atoms in total. The standard InChI is InChI=1S/C24H26N2.2ClH/c1-4-10-20(11-5-1)16-25-24-19-26(17-21-12-6-2-7-13-21)18-23(24)22-14-8-3-9-15-22;;/h1-15,23-25H,16-19H2;2*1H/t23-,24+;;/m0../s1. The fraction of sp³-hybridized carbons (Fsp3) is 0.250. The summed E-state index contributed by atoms with van der Waals surface area (Å²) in [4.78, 5) is 2.58. The Morgan fingerprint density at radius 2 is 1.21 bits per heavy atom. The van der Waals surface area contributed by atoms with Crippen molar-refractivity contribution in [1.29, 1.82) is 0 Å². The Morgan fingerprint density at radius 3 is 1.82 bits per heavy atom. The third-order valence-electron chi connectivity index (χ3n) is 5.28. The zero-order valence-corrected chi connectivity index (χ0v) is 17.5. The largest absolute Gasteiger partial charge is 0.308 e. The molecule has 0 saturated carbocycles. The first-order chi connectivity index (χ1) is 12.9. The molecule has 3 aromatic carbocycles. The van der Waals surface area contributed by atoms with E-state index in [1.54, 1.807) is 0 Å². The van der Waals surface area contributed by atoms with Crippen LogP contribution < -0.4 is 5.32 Å². The smallest absolute Gasteiger partial charge is 0.0279 e. The minimum atomic E-state index is 0. The van der Waals surface area contributed by atoms with E-state index in [4.69, 9.17) is 0 Å². The first-order valence-electron chi connectivity index (χ1n) is 9.47. The molecule has 0 unspecified atom stereocenters. The molecule has 0 bridgehead atoms. The van der Waals surface area contributed by atoms with E-state index in [0.29, 0.717) is 12.0 Å². The van der Waals surface area contributed by atoms with Crippen LogP contribution in [-0.2, 0) is 13.1 Å². The van der Waals surface area contributed by atoms with Gasteiger partial charge < -0.3 is 5.32 Å². The van der Waals surface area contributed by atoms with Gasteiger partial charge in [-0.1, -0.05) is 91.0 Å². The molecule has 4 rings (SSSR count). The molecule has 1 aliphatic rings. The Balaban J connectivity index is 0.00000140. The molecule has 2 atom stereocenters. The van der Waals surface area contributed by atoms with E-state index in [1.807, 2.05) is 0 Å². The summed E-state index contributed by atoms with van der Waals surface area (Å²) in [6.07, 6.45) is 0. The molecular weight excluding hydrogens is 387 g/mol. The number of hydrogen-bond acceptors (Lipinski definition) is 2. The number of halogens is 2. The van der Waals surface area contributed by atoms with Crippen molar-refractivity contribution in [3.63, 3.8) is 0 Å². The lowest BCUT2D eigenvalue weighted by Crippen LogP contribution is -2.35. The lowest BCUT2D eigenvalue weighted by Gasteiger charge is -2.20. The molecule has 3 aromatic rings. The fourth-order valence-electron chi connectivity index (χ4n) is 3.95. The van der Waals surface area contributed by atoms with E-state index in [1.165, 1.54) is 16.7 Å². The number of benzene rings is 3. The van der Waals surface area contributed by atoms with Gasteiger partial charge in [0.15, 0.2) is 0 Å². The van der Waals surface area contributed by atoms with E-state index in [0.717, 1.165) is 26.2 Å². The maximum absolute atomic E-state index is 3.82. The maximum atomic E-state index is 3.82. The summed E-state index contributed by atoms with van der Waals surface area (Å²) in [5.41, 5.74) is 4.18. The van der Waals surface area contributed by atoms with Crippen molar-refractivity contribution in [3.8, 4) is 0 Å². The van der Waals surface area contributed by atoms with Crippen LogP contribution in [0.1, 0.15) is 22.6 Å². The summed E-state index contributed by atoms with van der Waals surface area (Å²) in [5, 5.41) is 3.82. The number of rotatable bonds is 6. The van der Waals surface area contributed by atoms with Crippen LogP contribution in [0.25, 0.3) is 0 Å². The zero-order valence-electron chi connectivity index (χ0n) is 15.9. The van der Waals surface area contributed by atoms with Crippen molar-refractivity contribution < 1.29 is 0 Å². The van der Waals surface area contributed by atoms with Crippen molar-refractivity contribution in [2.75, 3.05) is 13.1 Å². The summed E-state index contributed by atoms with van der Waals surface area (Å²) in [6, 6.07) is 32.9. The zero-order chi connectivity index (χ0) is 17.6. The quantitative estimate of drug-likeness (QED) is 0.589. The van der Waals surface area contributed by atoms with Crippen molar-refractivity contribution in [3.05, 3.63) is 108 Å². The Hall–Kier alpha value is -1.84. The molecule has 28 heavy (non-hydrogen) atoms. The first-order valence-corrected chi connectivity index (χ1v) is 9.47. The highest BCUT2D eigenvalue weighted by molar-refractivity contribution is 5.85. The minimum Gasteiger partial charge on any atom is -0.308 e. The van der Waals surface area contributed by atoms with Gasteiger partial charge in [-0.05, 0) is 16.7 Å². The van der Waals surface area contributed by atoms with E-state index in [-0.39, 0.29) is 24.8 Å². The normalized spacial score (nSPS) is 18.9. The van der Waals surface area contributed by atoms with Gasteiger partial charge in [0.05, 0.1) is 0 Å². The molecule has 1 fully saturated rings. The van der Waals surface area contributed by atoms with Gasteiger partial charge in [-0.3, -0.25) is 4.90 Å². The lowest BCUT2D eigenvalue weighted by atomic mass is 9.94. The van der Waals surface area contributed by atoms with Crippen molar-refractivity contribution in [2.45, 2.75) is 25.0 Å². The second kappa shape index (κ2) is 11.2. The minimum absolute atomic E-state index is 0. The number of hydrogen-bond donors (Lipinski definition) is 1. The van der Waals surface area contributed by atoms with Crippen molar-refractivity contribution in [1.82, 2.24) is 10.2 Å². The predicted octanol–water partition coefficient (Wildman–Crippen LogP) is 5.29. The van der Waals surface area contributed by atoms with E-state index in [9.17, 15) is 0 Å². The highest BCUT2D eigenvalue weighted by Gasteiger charge is 2.33. The van der Waals surface area contributed by atoms with Crippen LogP contribution in [0.3, 0.4) is 0 Å². The van der Waals surface area contributed by atoms with Crippen LogP contribution in [0, 0.1) is 0 Å². The second-order valence-electron chi connectivity index (χ2n) is 7.17. The molecule has 0 radical (unpaired) electrons. The topological polar surface area (TPSA) is 15.3 Å². The Morgan fingerprint density at radius 1 is 0.679 bits per heavy atom. The molecule has 1 heterocycles. The Kier molecular flexibility index (Phi) is 9.01. The monoisotopic (exact) mass is 414 g/mol. The summed E-state index contributed by atoms with van der Waals surface area (Å²) < 4.78 is 0. The SMILES string of the molecule is Cl.Cl.c1ccc(CN[C@@H]2CN(Cc3ccccc3)C[C@H]2c2ccccc2)cc1. The molecule has 148 valence electrons.